The van der Waals surface area contributed by atoms with Gasteiger partial charge in [0, 0.05) is 27.4 Å². The predicted molar refractivity (Wildman–Crippen MR) is 78.5 cm³/mol. The Hall–Kier alpha value is -0.490. The Morgan fingerprint density at radius 3 is 2.76 bits per heavy atom. The van der Waals surface area contributed by atoms with Gasteiger partial charge in [-0.25, -0.2) is 0 Å². The summed E-state index contributed by atoms with van der Waals surface area (Å²) in [6.07, 6.45) is 2.26. The molecular weight excluding hydrogens is 351 g/mol. The van der Waals surface area contributed by atoms with Crippen LogP contribution in [0, 0.1) is 3.57 Å². The molecular formula is C12H14ClIN2O. The second-order valence-electron chi connectivity index (χ2n) is 4.07. The Kier molecular flexibility index (Phi) is 4.50. The molecule has 1 amide bonds. The number of likely N-dealkylation sites (tertiary alicyclic amines) is 1. The van der Waals surface area contributed by atoms with Crippen molar-refractivity contribution >= 4 is 45.8 Å². The van der Waals surface area contributed by atoms with Crippen molar-refractivity contribution in [1.82, 2.24) is 4.90 Å². The highest BCUT2D eigenvalue weighted by molar-refractivity contribution is 14.1. The number of rotatable bonds is 3. The molecule has 0 atom stereocenters. The molecule has 0 bridgehead atoms. The normalized spacial score (nSPS) is 15.1. The van der Waals surface area contributed by atoms with Crippen LogP contribution in [0.4, 0.5) is 5.69 Å². The van der Waals surface area contributed by atoms with Crippen molar-refractivity contribution in [3.63, 3.8) is 0 Å². The average Bonchev–Trinajstić information content (AvgIpc) is 2.81. The van der Waals surface area contributed by atoms with E-state index in [1.54, 1.807) is 0 Å². The fraction of sp³-hybridized carbons (Fsp3) is 0.417. The van der Waals surface area contributed by atoms with E-state index in [4.69, 9.17) is 11.6 Å². The summed E-state index contributed by atoms with van der Waals surface area (Å²) in [5.74, 6) is 0.174. The summed E-state index contributed by atoms with van der Waals surface area (Å²) in [7, 11) is 0. The van der Waals surface area contributed by atoms with Crippen LogP contribution in [0.2, 0.25) is 5.02 Å². The molecule has 1 fully saturated rings. The minimum atomic E-state index is 0.174. The maximum Gasteiger partial charge on any atom is 0.241 e. The van der Waals surface area contributed by atoms with Crippen molar-refractivity contribution in [3.05, 3.63) is 26.8 Å². The lowest BCUT2D eigenvalue weighted by Crippen LogP contribution is -2.33. The first-order valence-corrected chi connectivity index (χ1v) is 7.09. The van der Waals surface area contributed by atoms with Gasteiger partial charge in [0.2, 0.25) is 5.91 Å². The molecule has 92 valence electrons. The van der Waals surface area contributed by atoms with Crippen LogP contribution in [0.25, 0.3) is 0 Å². The number of nitrogens with zero attached hydrogens (tertiary/aromatic N) is 1. The third kappa shape index (κ3) is 3.48. The molecule has 0 aromatic heterocycles. The summed E-state index contributed by atoms with van der Waals surface area (Å²) < 4.78 is 1.03. The first kappa shape index (κ1) is 13.0. The fourth-order valence-electron chi connectivity index (χ4n) is 1.88. The van der Waals surface area contributed by atoms with Gasteiger partial charge in [-0.2, -0.15) is 0 Å². The van der Waals surface area contributed by atoms with E-state index in [0.717, 1.165) is 35.2 Å². The summed E-state index contributed by atoms with van der Waals surface area (Å²) >= 11 is 8.08. The van der Waals surface area contributed by atoms with Crippen molar-refractivity contribution in [2.24, 2.45) is 0 Å². The van der Waals surface area contributed by atoms with E-state index in [1.165, 1.54) is 0 Å². The summed E-state index contributed by atoms with van der Waals surface area (Å²) in [6, 6.07) is 5.61. The summed E-state index contributed by atoms with van der Waals surface area (Å²) in [4.78, 5) is 13.7. The van der Waals surface area contributed by atoms with Gasteiger partial charge in [0.25, 0.3) is 0 Å². The smallest absolute Gasteiger partial charge is 0.241 e. The second-order valence-corrected chi connectivity index (χ2v) is 5.66. The fourth-order valence-corrected chi connectivity index (χ4v) is 2.94. The number of carbonyl (C=O) groups is 1. The molecule has 1 saturated heterocycles. The molecule has 1 aromatic rings. The molecule has 0 saturated carbocycles. The lowest BCUT2D eigenvalue weighted by atomic mass is 10.3. The standard InChI is InChI=1S/C12H14ClIN2O/c13-9-3-4-11(10(14)7-9)15-8-12(17)16-5-1-2-6-16/h3-4,7,15H,1-2,5-6,8H2. The van der Waals surface area contributed by atoms with Crippen LogP contribution in [-0.2, 0) is 4.79 Å². The zero-order valence-electron chi connectivity index (χ0n) is 9.38. The Labute approximate surface area is 120 Å². The Morgan fingerprint density at radius 1 is 1.41 bits per heavy atom. The number of hydrogen-bond donors (Lipinski definition) is 1. The zero-order chi connectivity index (χ0) is 12.3. The van der Waals surface area contributed by atoms with Crippen molar-refractivity contribution in [3.8, 4) is 0 Å². The van der Waals surface area contributed by atoms with Gasteiger partial charge in [-0.05, 0) is 53.6 Å². The van der Waals surface area contributed by atoms with E-state index < -0.39 is 0 Å². The highest BCUT2D eigenvalue weighted by Crippen LogP contribution is 2.22. The molecule has 0 aliphatic carbocycles. The van der Waals surface area contributed by atoms with Crippen LogP contribution < -0.4 is 5.32 Å². The SMILES string of the molecule is O=C(CNc1ccc(Cl)cc1I)N1CCCC1. The Bertz CT molecular complexity index is 419. The highest BCUT2D eigenvalue weighted by atomic mass is 127. The Morgan fingerprint density at radius 2 is 2.12 bits per heavy atom. The first-order chi connectivity index (χ1) is 8.16. The summed E-state index contributed by atoms with van der Waals surface area (Å²) in [5, 5.41) is 3.87. The topological polar surface area (TPSA) is 32.3 Å². The maximum atomic E-state index is 11.8. The largest absolute Gasteiger partial charge is 0.375 e. The van der Waals surface area contributed by atoms with E-state index >= 15 is 0 Å². The number of nitrogens with one attached hydrogen (secondary N) is 1. The highest BCUT2D eigenvalue weighted by Gasteiger charge is 2.17. The van der Waals surface area contributed by atoms with Crippen molar-refractivity contribution in [2.75, 3.05) is 25.0 Å². The van der Waals surface area contributed by atoms with E-state index in [9.17, 15) is 4.79 Å². The van der Waals surface area contributed by atoms with E-state index in [1.807, 2.05) is 23.1 Å². The lowest BCUT2D eigenvalue weighted by molar-refractivity contribution is -0.128. The minimum absolute atomic E-state index is 0.174. The number of benzene rings is 1. The van der Waals surface area contributed by atoms with Gasteiger partial charge in [-0.3, -0.25) is 4.79 Å². The molecule has 1 N–H and O–H groups in total. The zero-order valence-corrected chi connectivity index (χ0v) is 12.3. The number of halogens is 2. The van der Waals surface area contributed by atoms with Gasteiger partial charge in [-0.1, -0.05) is 11.6 Å². The number of amides is 1. The van der Waals surface area contributed by atoms with E-state index in [-0.39, 0.29) is 5.91 Å². The van der Waals surface area contributed by atoms with Crippen LogP contribution in [0.3, 0.4) is 0 Å². The van der Waals surface area contributed by atoms with Crippen LogP contribution >= 0.6 is 34.2 Å². The molecule has 1 aromatic carbocycles. The number of anilines is 1. The predicted octanol–water partition coefficient (Wildman–Crippen LogP) is 2.98. The van der Waals surface area contributed by atoms with Gasteiger partial charge in [0.05, 0.1) is 6.54 Å². The Balaban J connectivity index is 1.90. The molecule has 1 heterocycles. The molecule has 5 heteroatoms. The summed E-state index contributed by atoms with van der Waals surface area (Å²) in [5.41, 5.74) is 0.961. The molecule has 0 radical (unpaired) electrons. The van der Waals surface area contributed by atoms with E-state index in [0.29, 0.717) is 11.6 Å². The average molecular weight is 365 g/mol. The van der Waals surface area contributed by atoms with Crippen LogP contribution in [-0.4, -0.2) is 30.4 Å². The molecule has 1 aliphatic heterocycles. The van der Waals surface area contributed by atoms with Gasteiger partial charge >= 0.3 is 0 Å². The number of hydrogen-bond acceptors (Lipinski definition) is 2. The third-order valence-corrected chi connectivity index (χ3v) is 3.95. The third-order valence-electron chi connectivity index (χ3n) is 2.82. The van der Waals surface area contributed by atoms with Gasteiger partial charge in [-0.15, -0.1) is 0 Å². The van der Waals surface area contributed by atoms with Crippen molar-refractivity contribution < 1.29 is 4.79 Å². The van der Waals surface area contributed by atoms with Crippen LogP contribution in [0.15, 0.2) is 18.2 Å². The number of carbonyl (C=O) groups excluding carboxylic acids is 1. The molecule has 17 heavy (non-hydrogen) atoms. The molecule has 0 unspecified atom stereocenters. The van der Waals surface area contributed by atoms with Gasteiger partial charge in [0.15, 0.2) is 0 Å². The molecule has 1 aliphatic rings. The first-order valence-electron chi connectivity index (χ1n) is 5.63. The van der Waals surface area contributed by atoms with Crippen LogP contribution in [0.1, 0.15) is 12.8 Å². The lowest BCUT2D eigenvalue weighted by Gasteiger charge is -2.16. The van der Waals surface area contributed by atoms with Gasteiger partial charge in [0.1, 0.15) is 0 Å². The van der Waals surface area contributed by atoms with Crippen molar-refractivity contribution in [2.45, 2.75) is 12.8 Å². The van der Waals surface area contributed by atoms with Crippen molar-refractivity contribution in [1.29, 1.82) is 0 Å². The molecule has 2 rings (SSSR count). The van der Waals surface area contributed by atoms with Crippen LogP contribution in [0.5, 0.6) is 0 Å². The van der Waals surface area contributed by atoms with E-state index in [2.05, 4.69) is 27.9 Å². The second kappa shape index (κ2) is 5.91. The molecule has 3 nitrogen and oxygen atoms in total. The monoisotopic (exact) mass is 364 g/mol. The van der Waals surface area contributed by atoms with Gasteiger partial charge < -0.3 is 10.2 Å². The quantitative estimate of drug-likeness (QED) is 0.836. The maximum absolute atomic E-state index is 11.8. The minimum Gasteiger partial charge on any atom is -0.375 e. The molecule has 0 spiro atoms. The summed E-state index contributed by atoms with van der Waals surface area (Å²) in [6.45, 7) is 2.16.